The molecular weight excluding hydrogens is 548 g/mol. The number of hydrogen-bond acceptors (Lipinski definition) is 4. The summed E-state index contributed by atoms with van der Waals surface area (Å²) in [5, 5.41) is 35.8. The predicted octanol–water partition coefficient (Wildman–Crippen LogP) is 3.06. The van der Waals surface area contributed by atoms with E-state index in [4.69, 9.17) is 0 Å². The monoisotopic (exact) mass is 589 g/mol. The van der Waals surface area contributed by atoms with Crippen molar-refractivity contribution < 1.29 is 29.7 Å². The molecule has 2 atom stereocenters. The van der Waals surface area contributed by atoms with Gasteiger partial charge in [0.05, 0.1) is 0 Å². The molecule has 0 unspecified atom stereocenters. The maximum Gasteiger partial charge on any atom is 0.303 e. The first kappa shape index (κ1) is 31.5. The zero-order valence-electron chi connectivity index (χ0n) is 25.7. The lowest BCUT2D eigenvalue weighted by Crippen LogP contribution is -2.16. The highest BCUT2D eigenvalue weighted by Gasteiger charge is 2.34. The first-order chi connectivity index (χ1) is 20.4. The molecule has 0 aliphatic carbocycles. The maximum atomic E-state index is 12.4. The molecule has 3 aromatic rings. The van der Waals surface area contributed by atoms with Crippen LogP contribution in [0.25, 0.3) is 18.2 Å². The largest absolute Gasteiger partial charge is 0.860 e. The van der Waals surface area contributed by atoms with Gasteiger partial charge in [-0.25, -0.2) is 0 Å². The van der Waals surface area contributed by atoms with Gasteiger partial charge in [-0.1, -0.05) is 20.8 Å². The number of hydrogen-bond donors (Lipinski definition) is 6. The number of H-pyrrole nitrogens is 3. The summed E-state index contributed by atoms with van der Waals surface area (Å²) in [4.78, 5) is 45.2. The highest BCUT2D eigenvalue weighted by molar-refractivity contribution is 5.86. The van der Waals surface area contributed by atoms with Gasteiger partial charge in [-0.05, 0) is 104 Å². The second kappa shape index (κ2) is 12.8. The minimum atomic E-state index is -0.911. The normalized spacial score (nSPS) is 18.7. The van der Waals surface area contributed by atoms with Crippen molar-refractivity contribution in [1.82, 2.24) is 20.3 Å². The molecule has 4 rings (SSSR count). The standard InChI is InChI=1S/C33H42N4O6/c1-7-20-19(6)32(42)37-27(20)14-25-18(5)23(10-12-31(40)41)29(35-25)15-28-22(9-11-30(38)39)17(4)24(34-28)13-26-16(3)21(8-2)33(43)36-26/h13-15,19-20,34-36,43H,7-12H2,1-6H3,(H,37,42)(H,38,39)(H,40,41)/p-1/b24-13+,27-14-,28-15-/t19-,20-/m1/s1. The van der Waals surface area contributed by atoms with E-state index in [1.54, 1.807) is 0 Å². The molecule has 1 fully saturated rings. The minimum absolute atomic E-state index is 0.0126. The Morgan fingerprint density at radius 1 is 0.791 bits per heavy atom. The number of aromatic amines is 3. The predicted molar refractivity (Wildman–Crippen MR) is 163 cm³/mol. The fourth-order valence-corrected chi connectivity index (χ4v) is 6.16. The van der Waals surface area contributed by atoms with Crippen LogP contribution in [0.1, 0.15) is 90.5 Å². The van der Waals surface area contributed by atoms with Gasteiger partial charge in [-0.15, -0.1) is 0 Å². The summed E-state index contributed by atoms with van der Waals surface area (Å²) in [6, 6.07) is 0. The summed E-state index contributed by atoms with van der Waals surface area (Å²) in [5.41, 5.74) is 8.08. The molecule has 43 heavy (non-hydrogen) atoms. The topological polar surface area (TPSA) is 174 Å². The third-order valence-electron chi connectivity index (χ3n) is 8.81. The third-order valence-corrected chi connectivity index (χ3v) is 8.81. The lowest BCUT2D eigenvalue weighted by atomic mass is 9.92. The molecule has 0 aromatic carbocycles. The van der Waals surface area contributed by atoms with E-state index in [0.717, 1.165) is 56.5 Å². The van der Waals surface area contributed by atoms with Gasteiger partial charge in [0, 0.05) is 58.2 Å². The number of aromatic nitrogens is 3. The van der Waals surface area contributed by atoms with Crippen molar-refractivity contribution in [2.75, 3.05) is 0 Å². The molecule has 1 aliphatic rings. The summed E-state index contributed by atoms with van der Waals surface area (Å²) < 4.78 is 0. The molecule has 6 N–H and O–H groups in total. The molecule has 1 saturated heterocycles. The maximum absolute atomic E-state index is 12.4. The zero-order chi connectivity index (χ0) is 31.6. The van der Waals surface area contributed by atoms with Crippen LogP contribution in [0.3, 0.4) is 0 Å². The van der Waals surface area contributed by atoms with Crippen LogP contribution in [-0.4, -0.2) is 43.0 Å². The van der Waals surface area contributed by atoms with Crippen molar-refractivity contribution in [2.24, 2.45) is 11.8 Å². The molecule has 4 heterocycles. The zero-order valence-corrected chi connectivity index (χ0v) is 25.7. The quantitative estimate of drug-likeness (QED) is 0.200. The first-order valence-corrected chi connectivity index (χ1v) is 14.8. The molecular formula is C33H41N4O6-. The second-order valence-electron chi connectivity index (χ2n) is 11.4. The Hall–Kier alpha value is -4.47. The van der Waals surface area contributed by atoms with Gasteiger partial charge in [-0.2, -0.15) is 0 Å². The van der Waals surface area contributed by atoms with E-state index in [1.807, 2.05) is 59.8 Å². The number of carboxylic acid groups (broad SMARTS) is 2. The number of nitrogens with one attached hydrogen (secondary N) is 4. The number of aliphatic carboxylic acids is 2. The van der Waals surface area contributed by atoms with Gasteiger partial charge in [0.15, 0.2) is 0 Å². The molecule has 0 spiro atoms. The third kappa shape index (κ3) is 6.48. The fourth-order valence-electron chi connectivity index (χ4n) is 6.16. The second-order valence-corrected chi connectivity index (χ2v) is 11.4. The van der Waals surface area contributed by atoms with Crippen LogP contribution in [0.5, 0.6) is 5.88 Å². The lowest BCUT2D eigenvalue weighted by molar-refractivity contribution is -0.275. The first-order valence-electron chi connectivity index (χ1n) is 14.8. The van der Waals surface area contributed by atoms with Crippen LogP contribution >= 0.6 is 0 Å². The number of rotatable bonds is 11. The van der Waals surface area contributed by atoms with Gasteiger partial charge in [0.25, 0.3) is 0 Å². The highest BCUT2D eigenvalue weighted by atomic mass is 16.4. The molecule has 0 radical (unpaired) electrons. The summed E-state index contributed by atoms with van der Waals surface area (Å²) in [6.07, 6.45) is 7.61. The summed E-state index contributed by atoms with van der Waals surface area (Å²) in [7, 11) is 0. The van der Waals surface area contributed by atoms with Crippen molar-refractivity contribution in [3.8, 4) is 5.88 Å². The Labute approximate surface area is 250 Å². The van der Waals surface area contributed by atoms with Crippen molar-refractivity contribution in [3.05, 3.63) is 66.9 Å². The van der Waals surface area contributed by atoms with Crippen molar-refractivity contribution >= 4 is 36.1 Å². The number of carboxylic acids is 2. The number of allylic oxidation sites excluding steroid dienone is 1. The Morgan fingerprint density at radius 3 is 1.95 bits per heavy atom. The molecule has 10 heteroatoms. The molecule has 230 valence electrons. The van der Waals surface area contributed by atoms with Crippen molar-refractivity contribution in [3.63, 3.8) is 0 Å². The van der Waals surface area contributed by atoms with E-state index in [0.29, 0.717) is 29.6 Å². The van der Waals surface area contributed by atoms with Gasteiger partial charge in [0.1, 0.15) is 0 Å². The van der Waals surface area contributed by atoms with Crippen LogP contribution in [0.4, 0.5) is 0 Å². The molecule has 10 nitrogen and oxygen atoms in total. The summed E-state index contributed by atoms with van der Waals surface area (Å²) >= 11 is 0. The van der Waals surface area contributed by atoms with Crippen molar-refractivity contribution in [2.45, 2.75) is 80.1 Å². The van der Waals surface area contributed by atoms with Crippen LogP contribution in [0, 0.1) is 32.6 Å². The van der Waals surface area contributed by atoms with Gasteiger partial charge in [0.2, 0.25) is 5.91 Å². The number of amides is 1. The molecule has 0 saturated carbocycles. The summed E-state index contributed by atoms with van der Waals surface area (Å²) in [5.74, 6) is -2.01. The molecule has 3 aromatic heterocycles. The minimum Gasteiger partial charge on any atom is -0.860 e. The Bertz CT molecular complexity index is 1720. The van der Waals surface area contributed by atoms with Crippen LogP contribution in [0.15, 0.2) is 5.70 Å². The van der Waals surface area contributed by atoms with Crippen LogP contribution < -0.4 is 21.1 Å². The Balaban J connectivity index is 1.91. The van der Waals surface area contributed by atoms with E-state index < -0.39 is 11.9 Å². The molecule has 0 bridgehead atoms. The Morgan fingerprint density at radius 2 is 1.37 bits per heavy atom. The number of carbonyl (C=O) groups is 3. The molecule has 1 amide bonds. The van der Waals surface area contributed by atoms with E-state index >= 15 is 0 Å². The average molecular weight is 590 g/mol. The van der Waals surface area contributed by atoms with Crippen LogP contribution in [0.2, 0.25) is 0 Å². The highest BCUT2D eigenvalue weighted by Crippen LogP contribution is 2.32. The number of carbonyl (C=O) groups excluding carboxylic acids is 1. The Kier molecular flexibility index (Phi) is 9.37. The summed E-state index contributed by atoms with van der Waals surface area (Å²) in [6.45, 7) is 11.7. The van der Waals surface area contributed by atoms with Crippen molar-refractivity contribution in [1.29, 1.82) is 0 Å². The average Bonchev–Trinajstić information content (AvgIpc) is 3.59. The van der Waals surface area contributed by atoms with Gasteiger partial charge >= 0.3 is 11.9 Å². The van der Waals surface area contributed by atoms with E-state index in [9.17, 15) is 29.7 Å². The van der Waals surface area contributed by atoms with Gasteiger partial charge in [-0.3, -0.25) is 14.4 Å². The van der Waals surface area contributed by atoms with E-state index in [2.05, 4.69) is 20.3 Å². The van der Waals surface area contributed by atoms with Crippen LogP contribution in [-0.2, 0) is 33.6 Å². The van der Waals surface area contributed by atoms with E-state index in [-0.39, 0.29) is 42.9 Å². The molecule has 1 aliphatic heterocycles. The smallest absolute Gasteiger partial charge is 0.303 e. The fraction of sp³-hybridized carbons (Fsp3) is 0.424. The van der Waals surface area contributed by atoms with Gasteiger partial charge < -0.3 is 35.6 Å². The van der Waals surface area contributed by atoms with E-state index in [1.165, 1.54) is 0 Å². The lowest BCUT2D eigenvalue weighted by Gasteiger charge is -2.11. The SMILES string of the molecule is CCc1c([O-])[nH]c(/C=c2/[nH]/c(=C\c3[nH]c(/C=C4\NC(=O)[C@H](C)[C@H]4CC)c(C)c3CCC(=O)O)c(CCC(=O)O)c2C)c1C.